The maximum atomic E-state index is 12.3. The van der Waals surface area contributed by atoms with Crippen LogP contribution >= 0.6 is 0 Å². The molecule has 2 unspecified atom stereocenters. The Morgan fingerprint density at radius 2 is 1.78 bits per heavy atom. The van der Waals surface area contributed by atoms with Crippen molar-refractivity contribution in [3.63, 3.8) is 0 Å². The Balaban J connectivity index is 1.86. The second kappa shape index (κ2) is 8.75. The van der Waals surface area contributed by atoms with Gasteiger partial charge in [-0.2, -0.15) is 0 Å². The normalized spacial score (nSPS) is 13.5. The summed E-state index contributed by atoms with van der Waals surface area (Å²) in [4.78, 5) is 12.8. The number of carbonyl (C=O) groups is 1. The Hall–Kier alpha value is -1.78. The van der Waals surface area contributed by atoms with Gasteiger partial charge >= 0.3 is 144 Å². The Kier molecular flexibility index (Phi) is 6.68. The van der Waals surface area contributed by atoms with Crippen LogP contribution in [-0.4, -0.2) is 5.91 Å². The van der Waals surface area contributed by atoms with E-state index in [1.54, 1.807) is 12.1 Å². The summed E-state index contributed by atoms with van der Waals surface area (Å²) in [7, 11) is 0. The first kappa shape index (κ1) is 17.6. The van der Waals surface area contributed by atoms with Gasteiger partial charge in [-0.1, -0.05) is 0 Å². The summed E-state index contributed by atoms with van der Waals surface area (Å²) >= 11 is 1.33. The van der Waals surface area contributed by atoms with Crippen LogP contribution in [0, 0.1) is 5.92 Å². The van der Waals surface area contributed by atoms with Crippen LogP contribution < -0.4 is 11.1 Å². The molecule has 3 nitrogen and oxygen atoms in total. The van der Waals surface area contributed by atoms with E-state index >= 15 is 0 Å². The average molecular weight is 355 g/mol. The van der Waals surface area contributed by atoms with Crippen molar-refractivity contribution in [1.29, 1.82) is 0 Å². The zero-order valence-corrected chi connectivity index (χ0v) is 14.6. The number of benzene rings is 2. The molecule has 0 saturated carbocycles. The van der Waals surface area contributed by atoms with Crippen molar-refractivity contribution in [2.45, 2.75) is 30.5 Å². The number of nitrogen functional groups attached to an aromatic ring is 1. The first-order valence-electron chi connectivity index (χ1n) is 7.83. The number of nitrogens with one attached hydrogen (secondary N) is 1. The number of carbonyl (C=O) groups excluding carboxylic acids is 1. The Morgan fingerprint density at radius 3 is 2.39 bits per heavy atom. The third-order valence-electron chi connectivity index (χ3n) is 3.56. The molecule has 3 N–H and O–H groups in total. The van der Waals surface area contributed by atoms with Crippen LogP contribution in [-0.2, 0) is 19.5 Å². The van der Waals surface area contributed by atoms with E-state index in [1.165, 1.54) is 20.3 Å². The van der Waals surface area contributed by atoms with E-state index in [4.69, 9.17) is 5.73 Å². The molecule has 2 aromatic carbocycles. The van der Waals surface area contributed by atoms with Crippen LogP contribution in [0.5, 0.6) is 0 Å². The summed E-state index contributed by atoms with van der Waals surface area (Å²) < 4.78 is 0. The van der Waals surface area contributed by atoms with Crippen LogP contribution in [0.15, 0.2) is 54.6 Å². The van der Waals surface area contributed by atoms with Crippen molar-refractivity contribution in [1.82, 2.24) is 0 Å². The molecule has 0 aliphatic carbocycles. The molecule has 2 rings (SSSR count). The van der Waals surface area contributed by atoms with Gasteiger partial charge in [-0.3, -0.25) is 0 Å². The van der Waals surface area contributed by atoms with E-state index in [0.717, 1.165) is 17.5 Å². The molecule has 0 radical (unpaired) electrons. The molecule has 0 aliphatic rings. The Bertz CT molecular complexity index is 613. The molecular formula is C19H24CoN2O. The monoisotopic (exact) mass is 355 g/mol. The predicted octanol–water partition coefficient (Wildman–Crippen LogP) is 4.50. The molecule has 1 amide bonds. The van der Waals surface area contributed by atoms with Crippen LogP contribution in [0.25, 0.3) is 0 Å². The van der Waals surface area contributed by atoms with Gasteiger partial charge in [0.1, 0.15) is 0 Å². The van der Waals surface area contributed by atoms with Gasteiger partial charge in [0, 0.05) is 0 Å². The van der Waals surface area contributed by atoms with Crippen LogP contribution in [0.3, 0.4) is 0 Å². The Morgan fingerprint density at radius 1 is 1.13 bits per heavy atom. The molecule has 2 atom stereocenters. The van der Waals surface area contributed by atoms with Gasteiger partial charge in [-0.15, -0.1) is 0 Å². The second-order valence-electron chi connectivity index (χ2n) is 5.54. The fourth-order valence-corrected chi connectivity index (χ4v) is 3.77. The molecule has 125 valence electrons. The van der Waals surface area contributed by atoms with Crippen LogP contribution in [0.1, 0.15) is 30.7 Å². The molecule has 4 heteroatoms. The summed E-state index contributed by atoms with van der Waals surface area (Å²) in [6.45, 7) is 4.18. The van der Waals surface area contributed by atoms with E-state index in [2.05, 4.69) is 36.5 Å². The van der Waals surface area contributed by atoms with E-state index in [9.17, 15) is 4.79 Å². The summed E-state index contributed by atoms with van der Waals surface area (Å²) in [6.07, 6.45) is 1.08. The van der Waals surface area contributed by atoms with E-state index in [0.29, 0.717) is 10.5 Å². The number of hydrogen-bond acceptors (Lipinski definition) is 2. The minimum atomic E-state index is -0.0229. The SMILES string of the molecule is CC[CH]([Co][CH2]C(C)C(=O)Nc1ccc(N)cc1)c1ccccc1. The van der Waals surface area contributed by atoms with Crippen molar-refractivity contribution in [3.05, 3.63) is 60.2 Å². The maximum absolute atomic E-state index is 12.3. The third kappa shape index (κ3) is 5.41. The van der Waals surface area contributed by atoms with Crippen molar-refractivity contribution >= 4 is 17.3 Å². The van der Waals surface area contributed by atoms with Gasteiger partial charge in [0.15, 0.2) is 0 Å². The van der Waals surface area contributed by atoms with Gasteiger partial charge in [0.25, 0.3) is 0 Å². The molecule has 23 heavy (non-hydrogen) atoms. The first-order valence-corrected chi connectivity index (χ1v) is 9.17. The molecule has 0 aromatic heterocycles. The summed E-state index contributed by atoms with van der Waals surface area (Å²) in [5.74, 6) is 0.0366. The summed E-state index contributed by atoms with van der Waals surface area (Å²) in [5, 5.41) is 3.80. The molecule has 0 spiro atoms. The first-order chi connectivity index (χ1) is 11.1. The minimum absolute atomic E-state index is 0.0229. The summed E-state index contributed by atoms with van der Waals surface area (Å²) in [5.41, 5.74) is 8.49. The zero-order chi connectivity index (χ0) is 16.7. The molecule has 0 saturated heterocycles. The number of nitrogens with two attached hydrogens (primary N) is 1. The fourth-order valence-electron chi connectivity index (χ4n) is 2.17. The number of rotatable bonds is 7. The van der Waals surface area contributed by atoms with Gasteiger partial charge in [0.05, 0.1) is 0 Å². The number of amides is 1. The quantitative estimate of drug-likeness (QED) is 0.719. The topological polar surface area (TPSA) is 55.1 Å². The molecular weight excluding hydrogens is 331 g/mol. The zero-order valence-electron chi connectivity index (χ0n) is 13.6. The van der Waals surface area contributed by atoms with Crippen molar-refractivity contribution < 1.29 is 19.5 Å². The number of anilines is 2. The third-order valence-corrected chi connectivity index (χ3v) is 5.73. The van der Waals surface area contributed by atoms with Gasteiger partial charge in [-0.05, 0) is 0 Å². The van der Waals surface area contributed by atoms with E-state index in [1.807, 2.05) is 25.1 Å². The fraction of sp³-hybridized carbons (Fsp3) is 0.316. The molecule has 0 heterocycles. The second-order valence-corrected chi connectivity index (χ2v) is 7.12. The molecule has 0 aliphatic heterocycles. The summed E-state index contributed by atoms with van der Waals surface area (Å²) in [6, 6.07) is 17.8. The van der Waals surface area contributed by atoms with Crippen molar-refractivity contribution in [2.24, 2.45) is 5.92 Å². The molecule has 0 bridgehead atoms. The van der Waals surface area contributed by atoms with Gasteiger partial charge < -0.3 is 0 Å². The van der Waals surface area contributed by atoms with Gasteiger partial charge in [-0.25, -0.2) is 0 Å². The Labute approximate surface area is 144 Å². The predicted molar refractivity (Wildman–Crippen MR) is 92.9 cm³/mol. The van der Waals surface area contributed by atoms with Crippen molar-refractivity contribution in [3.8, 4) is 0 Å². The van der Waals surface area contributed by atoms with Crippen LogP contribution in [0.4, 0.5) is 11.4 Å². The van der Waals surface area contributed by atoms with Crippen LogP contribution in [0.2, 0.25) is 5.36 Å². The molecule has 2 aromatic rings. The number of hydrogen-bond donors (Lipinski definition) is 2. The standard InChI is InChI=1S/C10H13N2O.C9H11.Co/c1-7(2)10(13)12-9-5-3-8(11)4-6-9;1-2-6-9-7-4-3-5-8-9;/h3-7H,1,11H2,2H3,(H,12,13);3-8H,2H2,1H3;. The average Bonchev–Trinajstić information content (AvgIpc) is 2.58. The molecule has 0 fully saturated rings. The van der Waals surface area contributed by atoms with Crippen molar-refractivity contribution in [2.75, 3.05) is 11.1 Å². The van der Waals surface area contributed by atoms with Gasteiger partial charge in [0.2, 0.25) is 0 Å². The van der Waals surface area contributed by atoms with E-state index < -0.39 is 0 Å². The van der Waals surface area contributed by atoms with E-state index in [-0.39, 0.29) is 11.8 Å².